The first-order chi connectivity index (χ1) is 10.7. The first-order valence-corrected chi connectivity index (χ1v) is 7.50. The summed E-state index contributed by atoms with van der Waals surface area (Å²) in [5, 5.41) is 5.16. The molecule has 0 saturated carbocycles. The van der Waals surface area contributed by atoms with E-state index in [0.29, 0.717) is 13.2 Å². The van der Waals surface area contributed by atoms with Gasteiger partial charge in [0.25, 0.3) is 0 Å². The van der Waals surface area contributed by atoms with Crippen molar-refractivity contribution in [2.24, 2.45) is 0 Å². The average Bonchev–Trinajstić information content (AvgIpc) is 2.56. The van der Waals surface area contributed by atoms with Gasteiger partial charge in [-0.05, 0) is 41.8 Å². The van der Waals surface area contributed by atoms with Gasteiger partial charge in [0.1, 0.15) is 5.75 Å². The second-order valence-corrected chi connectivity index (χ2v) is 5.33. The molecule has 1 N–H and O–H groups in total. The molecule has 118 valence electrons. The molecule has 2 rings (SSSR count). The molecule has 0 aliphatic rings. The van der Waals surface area contributed by atoms with Gasteiger partial charge in [0, 0.05) is 20.3 Å². The molecule has 0 radical (unpaired) electrons. The highest BCUT2D eigenvalue weighted by atomic mass is 16.5. The first kappa shape index (κ1) is 16.3. The number of ether oxygens (including phenoxy) is 2. The van der Waals surface area contributed by atoms with Gasteiger partial charge in [0.15, 0.2) is 0 Å². The lowest BCUT2D eigenvalue weighted by Gasteiger charge is -2.13. The van der Waals surface area contributed by atoms with E-state index in [1.165, 1.54) is 0 Å². The third kappa shape index (κ3) is 3.98. The lowest BCUT2D eigenvalue weighted by Crippen LogP contribution is -2.29. The number of hydrogen-bond acceptors (Lipinski definition) is 3. The Kier molecular flexibility index (Phi) is 5.78. The summed E-state index contributed by atoms with van der Waals surface area (Å²) in [4.78, 5) is 12.2. The van der Waals surface area contributed by atoms with Crippen molar-refractivity contribution in [1.29, 1.82) is 0 Å². The molecular weight excluding hydrogens is 278 g/mol. The van der Waals surface area contributed by atoms with Crippen LogP contribution < -0.4 is 10.1 Å². The molecular formula is C18H23NO3. The smallest absolute Gasteiger partial charge is 0.227 e. The number of hydrogen-bond donors (Lipinski definition) is 1. The summed E-state index contributed by atoms with van der Waals surface area (Å²) in [6.07, 6.45) is 0.826. The van der Waals surface area contributed by atoms with Gasteiger partial charge in [-0.25, -0.2) is 0 Å². The predicted octanol–water partition coefficient (Wildman–Crippen LogP) is 3.10. The van der Waals surface area contributed by atoms with E-state index in [4.69, 9.17) is 9.47 Å². The largest absolute Gasteiger partial charge is 0.497 e. The molecule has 1 atom stereocenters. The number of methoxy groups -OCH3 is 2. The standard InChI is InChI=1S/C18H23NO3/c1-13(18(20)19-9-4-10-21-2)14-5-6-16-12-17(22-3)8-7-15(16)11-14/h5-8,11-13H,4,9-10H2,1-3H3,(H,19,20)/t13-/m1/s1. The van der Waals surface area contributed by atoms with Crippen LogP contribution in [-0.4, -0.2) is 33.3 Å². The van der Waals surface area contributed by atoms with Crippen molar-refractivity contribution in [1.82, 2.24) is 5.32 Å². The Balaban J connectivity index is 2.07. The minimum atomic E-state index is -0.172. The molecule has 0 aliphatic carbocycles. The molecule has 1 amide bonds. The van der Waals surface area contributed by atoms with E-state index in [1.807, 2.05) is 37.3 Å². The van der Waals surface area contributed by atoms with Crippen LogP contribution in [-0.2, 0) is 9.53 Å². The number of carbonyl (C=O) groups is 1. The fraction of sp³-hybridized carbons (Fsp3) is 0.389. The normalized spacial score (nSPS) is 12.1. The molecule has 0 heterocycles. The van der Waals surface area contributed by atoms with Crippen molar-refractivity contribution in [2.45, 2.75) is 19.3 Å². The van der Waals surface area contributed by atoms with Crippen LogP contribution in [0, 0.1) is 0 Å². The highest BCUT2D eigenvalue weighted by molar-refractivity contribution is 5.88. The predicted molar refractivity (Wildman–Crippen MR) is 88.4 cm³/mol. The zero-order valence-electron chi connectivity index (χ0n) is 13.4. The molecule has 0 bridgehead atoms. The second kappa shape index (κ2) is 7.80. The summed E-state index contributed by atoms with van der Waals surface area (Å²) in [5.74, 6) is 0.710. The number of carbonyl (C=O) groups excluding carboxylic acids is 1. The van der Waals surface area contributed by atoms with E-state index in [0.717, 1.165) is 28.5 Å². The molecule has 0 aromatic heterocycles. The van der Waals surface area contributed by atoms with Crippen molar-refractivity contribution < 1.29 is 14.3 Å². The average molecular weight is 301 g/mol. The van der Waals surface area contributed by atoms with Crippen LogP contribution in [0.2, 0.25) is 0 Å². The quantitative estimate of drug-likeness (QED) is 0.799. The number of rotatable bonds is 7. The topological polar surface area (TPSA) is 47.6 Å². The van der Waals surface area contributed by atoms with Gasteiger partial charge in [0.05, 0.1) is 13.0 Å². The summed E-state index contributed by atoms with van der Waals surface area (Å²) in [6, 6.07) is 12.0. The van der Waals surface area contributed by atoms with Crippen LogP contribution in [0.15, 0.2) is 36.4 Å². The third-order valence-corrected chi connectivity index (χ3v) is 3.79. The third-order valence-electron chi connectivity index (χ3n) is 3.79. The molecule has 0 spiro atoms. The number of nitrogens with one attached hydrogen (secondary N) is 1. The summed E-state index contributed by atoms with van der Waals surface area (Å²) >= 11 is 0. The Morgan fingerprint density at radius 1 is 1.14 bits per heavy atom. The number of amides is 1. The molecule has 4 nitrogen and oxygen atoms in total. The molecule has 2 aromatic rings. The molecule has 0 fully saturated rings. The Labute approximate surface area is 131 Å². The van der Waals surface area contributed by atoms with Gasteiger partial charge in [-0.15, -0.1) is 0 Å². The van der Waals surface area contributed by atoms with E-state index in [2.05, 4.69) is 11.4 Å². The van der Waals surface area contributed by atoms with Crippen LogP contribution in [0.5, 0.6) is 5.75 Å². The fourth-order valence-electron chi connectivity index (χ4n) is 2.37. The summed E-state index contributed by atoms with van der Waals surface area (Å²) < 4.78 is 10.2. The summed E-state index contributed by atoms with van der Waals surface area (Å²) in [5.41, 5.74) is 1.02. The highest BCUT2D eigenvalue weighted by Crippen LogP contribution is 2.25. The minimum absolute atomic E-state index is 0.0453. The maximum Gasteiger partial charge on any atom is 0.227 e. The Morgan fingerprint density at radius 3 is 2.59 bits per heavy atom. The van der Waals surface area contributed by atoms with Gasteiger partial charge in [-0.2, -0.15) is 0 Å². The van der Waals surface area contributed by atoms with Crippen LogP contribution in [0.25, 0.3) is 10.8 Å². The van der Waals surface area contributed by atoms with Gasteiger partial charge >= 0.3 is 0 Å². The van der Waals surface area contributed by atoms with Crippen molar-refractivity contribution in [3.05, 3.63) is 42.0 Å². The Bertz CT molecular complexity index is 639. The van der Waals surface area contributed by atoms with E-state index in [-0.39, 0.29) is 11.8 Å². The molecule has 2 aromatic carbocycles. The zero-order chi connectivity index (χ0) is 15.9. The second-order valence-electron chi connectivity index (χ2n) is 5.33. The maximum atomic E-state index is 12.2. The molecule has 4 heteroatoms. The molecule has 0 unspecified atom stereocenters. The van der Waals surface area contributed by atoms with E-state index in [9.17, 15) is 4.79 Å². The van der Waals surface area contributed by atoms with Crippen molar-refractivity contribution in [3.8, 4) is 5.75 Å². The Hall–Kier alpha value is -2.07. The van der Waals surface area contributed by atoms with Gasteiger partial charge in [-0.1, -0.05) is 24.3 Å². The van der Waals surface area contributed by atoms with Crippen LogP contribution in [0.1, 0.15) is 24.8 Å². The van der Waals surface area contributed by atoms with Gasteiger partial charge < -0.3 is 14.8 Å². The lowest BCUT2D eigenvalue weighted by molar-refractivity contribution is -0.122. The lowest BCUT2D eigenvalue weighted by atomic mass is 9.97. The van der Waals surface area contributed by atoms with E-state index < -0.39 is 0 Å². The Morgan fingerprint density at radius 2 is 1.86 bits per heavy atom. The maximum absolute atomic E-state index is 12.2. The van der Waals surface area contributed by atoms with Crippen LogP contribution in [0.3, 0.4) is 0 Å². The van der Waals surface area contributed by atoms with Crippen molar-refractivity contribution in [3.63, 3.8) is 0 Å². The van der Waals surface area contributed by atoms with Crippen LogP contribution >= 0.6 is 0 Å². The van der Waals surface area contributed by atoms with Crippen LogP contribution in [0.4, 0.5) is 0 Å². The highest BCUT2D eigenvalue weighted by Gasteiger charge is 2.15. The SMILES string of the molecule is COCCCNC(=O)[C@H](C)c1ccc2cc(OC)ccc2c1. The van der Waals surface area contributed by atoms with Gasteiger partial charge in [-0.3, -0.25) is 4.79 Å². The summed E-state index contributed by atoms with van der Waals surface area (Å²) in [7, 11) is 3.32. The van der Waals surface area contributed by atoms with E-state index in [1.54, 1.807) is 14.2 Å². The minimum Gasteiger partial charge on any atom is -0.497 e. The summed E-state index contributed by atoms with van der Waals surface area (Å²) in [6.45, 7) is 3.23. The van der Waals surface area contributed by atoms with Crippen molar-refractivity contribution >= 4 is 16.7 Å². The number of fused-ring (bicyclic) bond motifs is 1. The molecule has 0 saturated heterocycles. The fourth-order valence-corrected chi connectivity index (χ4v) is 2.37. The zero-order valence-corrected chi connectivity index (χ0v) is 13.4. The monoisotopic (exact) mass is 301 g/mol. The van der Waals surface area contributed by atoms with Gasteiger partial charge in [0.2, 0.25) is 5.91 Å². The first-order valence-electron chi connectivity index (χ1n) is 7.50. The van der Waals surface area contributed by atoms with Crippen molar-refractivity contribution in [2.75, 3.05) is 27.4 Å². The molecule has 22 heavy (non-hydrogen) atoms. The number of benzene rings is 2. The van der Waals surface area contributed by atoms with E-state index >= 15 is 0 Å². The molecule has 0 aliphatic heterocycles.